The van der Waals surface area contributed by atoms with Gasteiger partial charge < -0.3 is 14.8 Å². The number of pyridine rings is 1. The summed E-state index contributed by atoms with van der Waals surface area (Å²) < 4.78 is 14.2. The van der Waals surface area contributed by atoms with Gasteiger partial charge in [-0.2, -0.15) is 0 Å². The molecule has 1 aromatic heterocycles. The van der Waals surface area contributed by atoms with Crippen molar-refractivity contribution in [2.45, 2.75) is 60.8 Å². The monoisotopic (exact) mass is 516 g/mol. The Labute approximate surface area is 227 Å². The number of aryl methyl sites for hydroxylation is 2. The Morgan fingerprint density at radius 2 is 1.63 bits per heavy atom. The van der Waals surface area contributed by atoms with Crippen LogP contribution >= 0.6 is 0 Å². The van der Waals surface area contributed by atoms with E-state index in [0.717, 1.165) is 40.0 Å². The van der Waals surface area contributed by atoms with Gasteiger partial charge in [-0.1, -0.05) is 64.1 Å². The molecule has 4 aromatic rings. The van der Waals surface area contributed by atoms with Gasteiger partial charge in [0.05, 0.1) is 16.9 Å². The van der Waals surface area contributed by atoms with Gasteiger partial charge in [-0.3, -0.25) is 0 Å². The molecule has 0 spiro atoms. The number of fused-ring (bicyclic) bond motifs is 2. The van der Waals surface area contributed by atoms with Crippen molar-refractivity contribution in [3.8, 4) is 11.3 Å². The molecule has 2 heterocycles. The normalized spacial score (nSPS) is 12.8. The van der Waals surface area contributed by atoms with Crippen molar-refractivity contribution in [3.05, 3.63) is 88.7 Å². The molecule has 5 rings (SSSR count). The van der Waals surface area contributed by atoms with E-state index in [4.69, 9.17) is 14.9 Å². The van der Waals surface area contributed by atoms with E-state index in [0.29, 0.717) is 5.52 Å². The maximum atomic E-state index is 14.2. The highest BCUT2D eigenvalue weighted by Crippen LogP contribution is 2.48. The van der Waals surface area contributed by atoms with Crippen molar-refractivity contribution in [1.82, 2.24) is 4.98 Å². The highest BCUT2D eigenvalue weighted by Gasteiger charge is 2.37. The van der Waals surface area contributed by atoms with E-state index >= 15 is 0 Å². The molecule has 0 saturated heterocycles. The molecule has 1 aliphatic heterocycles. The average Bonchev–Trinajstić information content (AvgIpc) is 3.16. The Hall–Kier alpha value is -3.57. The maximum absolute atomic E-state index is 14.2. The van der Waals surface area contributed by atoms with Gasteiger partial charge in [-0.05, 0) is 68.1 Å². The highest BCUT2D eigenvalue weighted by molar-refractivity contribution is 5.99. The predicted molar refractivity (Wildman–Crippen MR) is 159 cm³/mol. The smallest absolute Gasteiger partial charge is 0.125 e. The van der Waals surface area contributed by atoms with Crippen molar-refractivity contribution in [2.75, 3.05) is 18.1 Å². The number of carbonyl (C=O) groups excluding carboxylic acids is 1. The largest absolute Gasteiger partial charge is 0.397 e. The Kier molecular flexibility index (Phi) is 10.7. The quantitative estimate of drug-likeness (QED) is 0.291. The summed E-state index contributed by atoms with van der Waals surface area (Å²) in [5, 5.41) is 8.56. The lowest BCUT2D eigenvalue weighted by Gasteiger charge is -2.27. The number of aliphatic hydroxyl groups is 1. The summed E-state index contributed by atoms with van der Waals surface area (Å²) in [5.41, 5.74) is 9.97. The summed E-state index contributed by atoms with van der Waals surface area (Å²) in [7, 11) is 0. The highest BCUT2D eigenvalue weighted by atomic mass is 19.1. The van der Waals surface area contributed by atoms with Crippen LogP contribution in [0.3, 0.4) is 0 Å². The molecule has 5 heteroatoms. The van der Waals surface area contributed by atoms with Crippen molar-refractivity contribution in [2.24, 2.45) is 0 Å². The van der Waals surface area contributed by atoms with Gasteiger partial charge in [0.25, 0.3) is 0 Å². The van der Waals surface area contributed by atoms with E-state index in [2.05, 4.69) is 69.9 Å². The van der Waals surface area contributed by atoms with Gasteiger partial charge >= 0.3 is 0 Å². The van der Waals surface area contributed by atoms with Crippen LogP contribution in [-0.4, -0.2) is 30.0 Å². The van der Waals surface area contributed by atoms with Crippen LogP contribution in [-0.2, 0) is 10.2 Å². The first kappa shape index (κ1) is 30.7. The van der Waals surface area contributed by atoms with Crippen LogP contribution < -0.4 is 4.90 Å². The lowest BCUT2D eigenvalue weighted by molar-refractivity contribution is -0.0980. The Balaban J connectivity index is 0.000000665. The molecule has 202 valence electrons. The number of nitrogens with zero attached hydrogens (tertiary/aromatic N) is 2. The van der Waals surface area contributed by atoms with Crippen LogP contribution in [0.4, 0.5) is 15.8 Å². The molecule has 0 aliphatic carbocycles. The molecule has 1 N–H and O–H groups in total. The number of benzene rings is 3. The standard InChI is InChI=1S/C28H27FN2.C2H6O.C2H6.CH2O/c1-17-10-13-23-25(14-17)31(16-28(23,4)5)27-19(3)26(21-9-7-6-8-18(21)2)30-24-15-20(29)11-12-22(24)27;1-2-3;2*1-2/h6-15H,16H2,1-5H3;3H,2H2,1H3;1-2H3;1H2. The van der Waals surface area contributed by atoms with Gasteiger partial charge in [0, 0.05) is 41.3 Å². The third-order valence-corrected chi connectivity index (χ3v) is 6.55. The lowest BCUT2D eigenvalue weighted by atomic mass is 9.87. The number of hydrogen-bond donors (Lipinski definition) is 1. The van der Waals surface area contributed by atoms with Gasteiger partial charge in [-0.15, -0.1) is 0 Å². The van der Waals surface area contributed by atoms with E-state index in [1.807, 2.05) is 38.8 Å². The molecule has 0 atom stereocenters. The lowest BCUT2D eigenvalue weighted by Crippen LogP contribution is -2.25. The van der Waals surface area contributed by atoms with Crippen molar-refractivity contribution >= 4 is 29.1 Å². The van der Waals surface area contributed by atoms with Crippen LogP contribution in [0, 0.1) is 26.6 Å². The maximum Gasteiger partial charge on any atom is 0.125 e. The van der Waals surface area contributed by atoms with Crippen LogP contribution in [0.15, 0.2) is 60.7 Å². The van der Waals surface area contributed by atoms with E-state index in [9.17, 15) is 4.39 Å². The van der Waals surface area contributed by atoms with E-state index in [1.165, 1.54) is 16.8 Å². The van der Waals surface area contributed by atoms with Crippen LogP contribution in [0.2, 0.25) is 0 Å². The van der Waals surface area contributed by atoms with Crippen molar-refractivity contribution < 1.29 is 14.3 Å². The second kappa shape index (κ2) is 13.3. The fraction of sp³-hybridized carbons (Fsp3) is 0.333. The van der Waals surface area contributed by atoms with Crippen molar-refractivity contribution in [1.29, 1.82) is 0 Å². The zero-order chi connectivity index (χ0) is 28.6. The number of carbonyl (C=O) groups is 1. The van der Waals surface area contributed by atoms with Gasteiger partial charge in [0.2, 0.25) is 0 Å². The summed E-state index contributed by atoms with van der Waals surface area (Å²) in [6.45, 7) is 19.8. The number of aromatic nitrogens is 1. The minimum absolute atomic E-state index is 0.0217. The molecule has 3 aromatic carbocycles. The zero-order valence-electron chi connectivity index (χ0n) is 24.0. The third-order valence-electron chi connectivity index (χ3n) is 6.55. The first-order chi connectivity index (χ1) is 18.2. The first-order valence-electron chi connectivity index (χ1n) is 13.1. The number of aliphatic hydroxyl groups excluding tert-OH is 1. The van der Waals surface area contributed by atoms with Gasteiger partial charge in [0.1, 0.15) is 12.6 Å². The fourth-order valence-electron chi connectivity index (χ4n) is 4.97. The van der Waals surface area contributed by atoms with Crippen molar-refractivity contribution in [3.63, 3.8) is 0 Å². The summed E-state index contributed by atoms with van der Waals surface area (Å²) in [6, 6.07) is 20.0. The second-order valence-electron chi connectivity index (χ2n) is 9.72. The molecular weight excluding hydrogens is 475 g/mol. The molecule has 1 aliphatic rings. The molecule has 0 unspecified atom stereocenters. The minimum atomic E-state index is -0.261. The van der Waals surface area contributed by atoms with Crippen LogP contribution in [0.5, 0.6) is 0 Å². The SMILES string of the molecule is C=O.CC.CCO.Cc1ccc2c(c1)N(c1c(C)c(-c3ccccc3C)nc3cc(F)ccc13)CC2(C)C. The van der Waals surface area contributed by atoms with Crippen LogP contribution in [0.25, 0.3) is 22.2 Å². The summed E-state index contributed by atoms with van der Waals surface area (Å²) in [6.07, 6.45) is 0. The Morgan fingerprint density at radius 1 is 1.00 bits per heavy atom. The molecule has 38 heavy (non-hydrogen) atoms. The molecule has 0 saturated carbocycles. The zero-order valence-corrected chi connectivity index (χ0v) is 24.0. The molecule has 0 radical (unpaired) electrons. The minimum Gasteiger partial charge on any atom is -0.397 e. The van der Waals surface area contributed by atoms with Gasteiger partial charge in [0.15, 0.2) is 0 Å². The number of hydrogen-bond acceptors (Lipinski definition) is 4. The number of halogens is 1. The van der Waals surface area contributed by atoms with Crippen LogP contribution in [0.1, 0.15) is 56.9 Å². The number of anilines is 2. The molecule has 0 amide bonds. The number of rotatable bonds is 2. The molecule has 0 bridgehead atoms. The predicted octanol–water partition coefficient (Wildman–Crippen LogP) is 8.24. The summed E-state index contributed by atoms with van der Waals surface area (Å²) in [4.78, 5) is 15.4. The molecule has 0 fully saturated rings. The Bertz CT molecular complexity index is 1380. The second-order valence-corrected chi connectivity index (χ2v) is 9.72. The fourth-order valence-corrected chi connectivity index (χ4v) is 4.97. The third kappa shape index (κ3) is 6.11. The van der Waals surface area contributed by atoms with E-state index in [-0.39, 0.29) is 17.8 Å². The molecule has 4 nitrogen and oxygen atoms in total. The average molecular weight is 517 g/mol. The van der Waals surface area contributed by atoms with E-state index < -0.39 is 0 Å². The summed E-state index contributed by atoms with van der Waals surface area (Å²) in [5.74, 6) is -0.261. The molecular formula is C33H41FN2O2. The Morgan fingerprint density at radius 3 is 2.26 bits per heavy atom. The van der Waals surface area contributed by atoms with Gasteiger partial charge in [-0.25, -0.2) is 9.37 Å². The topological polar surface area (TPSA) is 53.4 Å². The first-order valence-corrected chi connectivity index (χ1v) is 13.1. The van der Waals surface area contributed by atoms with E-state index in [1.54, 1.807) is 19.1 Å². The summed E-state index contributed by atoms with van der Waals surface area (Å²) >= 11 is 0.